The van der Waals surface area contributed by atoms with Crippen LogP contribution in [0, 0.1) is 0 Å². The van der Waals surface area contributed by atoms with Gasteiger partial charge in [0.25, 0.3) is 0 Å². The standard InChI is InChI=1S/C14H24N2O4/c1-6-19-12(17)10-8-16(9(2)7-11(10)15)13(18)20-14(3,4)5/h9H,6-8,15H2,1-5H3. The van der Waals surface area contributed by atoms with Crippen LogP contribution in [0.5, 0.6) is 0 Å². The van der Waals surface area contributed by atoms with Gasteiger partial charge in [-0.1, -0.05) is 0 Å². The van der Waals surface area contributed by atoms with E-state index in [0.717, 1.165) is 0 Å². The van der Waals surface area contributed by atoms with Crippen LogP contribution in [0.3, 0.4) is 0 Å². The molecule has 1 atom stereocenters. The Hall–Kier alpha value is -1.72. The van der Waals surface area contributed by atoms with E-state index in [9.17, 15) is 9.59 Å². The minimum absolute atomic E-state index is 0.108. The average molecular weight is 284 g/mol. The van der Waals surface area contributed by atoms with Gasteiger partial charge in [-0.05, 0) is 34.6 Å². The zero-order valence-corrected chi connectivity index (χ0v) is 12.9. The number of nitrogens with zero attached hydrogens (tertiary/aromatic N) is 1. The number of nitrogens with two attached hydrogens (primary N) is 1. The molecule has 0 aromatic heterocycles. The lowest BCUT2D eigenvalue weighted by Crippen LogP contribution is -2.47. The summed E-state index contributed by atoms with van der Waals surface area (Å²) in [6.07, 6.45) is -0.00721. The Morgan fingerprint density at radius 2 is 2.00 bits per heavy atom. The molecule has 1 amide bonds. The van der Waals surface area contributed by atoms with Crippen molar-refractivity contribution in [3.63, 3.8) is 0 Å². The van der Waals surface area contributed by atoms with Gasteiger partial charge in [0, 0.05) is 18.2 Å². The minimum atomic E-state index is -0.576. The maximum absolute atomic E-state index is 12.1. The molecule has 1 unspecified atom stereocenters. The largest absolute Gasteiger partial charge is 0.463 e. The third kappa shape index (κ3) is 4.15. The van der Waals surface area contributed by atoms with Crippen LogP contribution in [-0.4, -0.2) is 41.8 Å². The molecule has 0 aromatic rings. The van der Waals surface area contributed by atoms with Crippen LogP contribution in [0.4, 0.5) is 4.79 Å². The Morgan fingerprint density at radius 3 is 2.50 bits per heavy atom. The highest BCUT2D eigenvalue weighted by molar-refractivity contribution is 5.90. The topological polar surface area (TPSA) is 81.9 Å². The number of amides is 1. The molecule has 0 saturated carbocycles. The van der Waals surface area contributed by atoms with E-state index in [4.69, 9.17) is 15.2 Å². The van der Waals surface area contributed by atoms with Crippen molar-refractivity contribution in [1.82, 2.24) is 4.90 Å². The van der Waals surface area contributed by atoms with Crippen molar-refractivity contribution in [1.29, 1.82) is 0 Å². The van der Waals surface area contributed by atoms with Crippen LogP contribution in [-0.2, 0) is 14.3 Å². The highest BCUT2D eigenvalue weighted by atomic mass is 16.6. The first-order chi connectivity index (χ1) is 9.15. The molecule has 0 aromatic carbocycles. The SMILES string of the molecule is CCOC(=O)C1=C(N)CC(C)N(C(=O)OC(C)(C)C)C1. The van der Waals surface area contributed by atoms with Gasteiger partial charge >= 0.3 is 12.1 Å². The Kier molecular flexibility index (Phi) is 5.03. The van der Waals surface area contributed by atoms with E-state index in [1.165, 1.54) is 4.90 Å². The molecule has 0 spiro atoms. The Balaban J connectivity index is 2.86. The van der Waals surface area contributed by atoms with Crippen LogP contribution in [0.25, 0.3) is 0 Å². The molecular weight excluding hydrogens is 260 g/mol. The van der Waals surface area contributed by atoms with E-state index < -0.39 is 17.7 Å². The van der Waals surface area contributed by atoms with Crippen LogP contribution in [0.1, 0.15) is 41.0 Å². The summed E-state index contributed by atoms with van der Waals surface area (Å²) in [6, 6.07) is -0.108. The number of hydrogen-bond donors (Lipinski definition) is 1. The van der Waals surface area contributed by atoms with Crippen molar-refractivity contribution >= 4 is 12.1 Å². The summed E-state index contributed by atoms with van der Waals surface area (Å²) in [4.78, 5) is 25.5. The number of carbonyl (C=O) groups excluding carboxylic acids is 2. The van der Waals surface area contributed by atoms with Gasteiger partial charge in [0.15, 0.2) is 0 Å². The van der Waals surface area contributed by atoms with Crippen molar-refractivity contribution in [3.05, 3.63) is 11.3 Å². The summed E-state index contributed by atoms with van der Waals surface area (Å²) in [5.74, 6) is -0.467. The van der Waals surface area contributed by atoms with E-state index in [1.54, 1.807) is 27.7 Å². The molecule has 0 fully saturated rings. The molecule has 2 N–H and O–H groups in total. The quantitative estimate of drug-likeness (QED) is 0.782. The van der Waals surface area contributed by atoms with Gasteiger partial charge in [0.05, 0.1) is 18.7 Å². The first-order valence-corrected chi connectivity index (χ1v) is 6.80. The van der Waals surface area contributed by atoms with E-state index in [-0.39, 0.29) is 19.2 Å². The summed E-state index contributed by atoms with van der Waals surface area (Å²) in [5, 5.41) is 0. The van der Waals surface area contributed by atoms with Gasteiger partial charge in [-0.2, -0.15) is 0 Å². The van der Waals surface area contributed by atoms with Gasteiger partial charge in [-0.3, -0.25) is 0 Å². The maximum Gasteiger partial charge on any atom is 0.410 e. The van der Waals surface area contributed by atoms with E-state index in [0.29, 0.717) is 17.7 Å². The van der Waals surface area contributed by atoms with Gasteiger partial charge in [-0.15, -0.1) is 0 Å². The Bertz CT molecular complexity index is 423. The summed E-state index contributed by atoms with van der Waals surface area (Å²) in [7, 11) is 0. The fraction of sp³-hybridized carbons (Fsp3) is 0.714. The minimum Gasteiger partial charge on any atom is -0.463 e. The van der Waals surface area contributed by atoms with Gasteiger partial charge in [0.1, 0.15) is 5.60 Å². The molecule has 20 heavy (non-hydrogen) atoms. The molecule has 0 radical (unpaired) electrons. The molecule has 0 bridgehead atoms. The molecule has 1 aliphatic rings. The molecule has 1 rings (SSSR count). The first kappa shape index (κ1) is 16.3. The van der Waals surface area contributed by atoms with Crippen LogP contribution in [0.15, 0.2) is 11.3 Å². The second kappa shape index (κ2) is 6.15. The lowest BCUT2D eigenvalue weighted by Gasteiger charge is -2.35. The second-order valence-electron chi connectivity index (χ2n) is 5.89. The summed E-state index contributed by atoms with van der Waals surface area (Å²) in [6.45, 7) is 9.41. The van der Waals surface area contributed by atoms with E-state index >= 15 is 0 Å². The summed E-state index contributed by atoms with van der Waals surface area (Å²) in [5.41, 5.74) is 6.14. The van der Waals surface area contributed by atoms with Crippen LogP contribution in [0.2, 0.25) is 0 Å². The number of rotatable bonds is 2. The number of carbonyl (C=O) groups is 2. The number of esters is 1. The van der Waals surface area contributed by atoms with E-state index in [1.807, 2.05) is 6.92 Å². The smallest absolute Gasteiger partial charge is 0.410 e. The fourth-order valence-electron chi connectivity index (χ4n) is 1.96. The Morgan fingerprint density at radius 1 is 1.40 bits per heavy atom. The van der Waals surface area contributed by atoms with Crippen LogP contribution >= 0.6 is 0 Å². The monoisotopic (exact) mass is 284 g/mol. The highest BCUT2D eigenvalue weighted by Gasteiger charge is 2.33. The predicted octanol–water partition coefficient (Wildman–Crippen LogP) is 1.79. The average Bonchev–Trinajstić information content (AvgIpc) is 2.26. The second-order valence-corrected chi connectivity index (χ2v) is 5.89. The van der Waals surface area contributed by atoms with Crippen LogP contribution < -0.4 is 5.73 Å². The third-order valence-electron chi connectivity index (χ3n) is 2.91. The summed E-state index contributed by atoms with van der Waals surface area (Å²) >= 11 is 0. The molecule has 6 heteroatoms. The van der Waals surface area contributed by atoms with Gasteiger partial charge in [-0.25, -0.2) is 9.59 Å². The Labute approximate surface area is 119 Å². The number of ether oxygens (including phenoxy) is 2. The molecule has 114 valence electrons. The maximum atomic E-state index is 12.1. The van der Waals surface area contributed by atoms with Gasteiger partial charge in [0.2, 0.25) is 0 Å². The van der Waals surface area contributed by atoms with Crippen molar-refractivity contribution in [2.45, 2.75) is 52.7 Å². The predicted molar refractivity (Wildman–Crippen MR) is 74.9 cm³/mol. The van der Waals surface area contributed by atoms with Crippen molar-refractivity contribution in [2.75, 3.05) is 13.2 Å². The number of hydrogen-bond acceptors (Lipinski definition) is 5. The molecule has 1 aliphatic heterocycles. The van der Waals surface area contributed by atoms with Crippen molar-refractivity contribution in [3.8, 4) is 0 Å². The lowest BCUT2D eigenvalue weighted by molar-refractivity contribution is -0.139. The molecule has 6 nitrogen and oxygen atoms in total. The normalized spacial score (nSPS) is 19.9. The third-order valence-corrected chi connectivity index (χ3v) is 2.91. The molecule has 0 saturated heterocycles. The van der Waals surface area contributed by atoms with Crippen molar-refractivity contribution < 1.29 is 19.1 Å². The molecular formula is C14H24N2O4. The van der Waals surface area contributed by atoms with E-state index in [2.05, 4.69) is 0 Å². The fourth-order valence-corrected chi connectivity index (χ4v) is 1.96. The first-order valence-electron chi connectivity index (χ1n) is 6.80. The molecule has 0 aliphatic carbocycles. The van der Waals surface area contributed by atoms with Crippen molar-refractivity contribution in [2.24, 2.45) is 5.73 Å². The van der Waals surface area contributed by atoms with Gasteiger partial charge < -0.3 is 20.1 Å². The highest BCUT2D eigenvalue weighted by Crippen LogP contribution is 2.23. The zero-order chi connectivity index (χ0) is 15.5. The summed E-state index contributed by atoms with van der Waals surface area (Å²) < 4.78 is 10.3. The lowest BCUT2D eigenvalue weighted by atomic mass is 10.0. The zero-order valence-electron chi connectivity index (χ0n) is 12.9. The molecule has 1 heterocycles.